The number of fused-ring (bicyclic) bond motifs is 3. The van der Waals surface area contributed by atoms with Gasteiger partial charge in [-0.1, -0.05) is 77.0 Å². The predicted octanol–water partition coefficient (Wildman–Crippen LogP) is 8.03. The Morgan fingerprint density at radius 1 is 1.05 bits per heavy atom. The second kappa shape index (κ2) is 11.0. The Morgan fingerprint density at radius 3 is 2.73 bits per heavy atom. The van der Waals surface area contributed by atoms with Crippen molar-refractivity contribution in [2.45, 2.75) is 25.5 Å². The highest BCUT2D eigenvalue weighted by Gasteiger charge is 2.33. The van der Waals surface area contributed by atoms with Crippen LogP contribution >= 0.6 is 61.8 Å². The molecule has 0 amide bonds. The van der Waals surface area contributed by atoms with Gasteiger partial charge in [-0.15, -0.1) is 11.3 Å². The van der Waals surface area contributed by atoms with Crippen molar-refractivity contribution in [1.29, 1.82) is 0 Å². The van der Waals surface area contributed by atoms with E-state index in [1.165, 1.54) is 28.0 Å². The van der Waals surface area contributed by atoms with Crippen LogP contribution in [0.25, 0.3) is 11.8 Å². The lowest BCUT2D eigenvalue weighted by Gasteiger charge is -2.30. The smallest absolute Gasteiger partial charge is 0.271 e. The predicted molar refractivity (Wildman–Crippen MR) is 172 cm³/mol. The average Bonchev–Trinajstić information content (AvgIpc) is 3.61. The zero-order valence-electron chi connectivity index (χ0n) is 21.4. The van der Waals surface area contributed by atoms with Crippen LogP contribution in [-0.4, -0.2) is 4.57 Å². The van der Waals surface area contributed by atoms with Gasteiger partial charge in [0.25, 0.3) is 5.56 Å². The minimum atomic E-state index is -0.140. The third-order valence-electron chi connectivity index (χ3n) is 7.34. The van der Waals surface area contributed by atoms with E-state index in [1.54, 1.807) is 23.5 Å². The van der Waals surface area contributed by atoms with E-state index in [0.29, 0.717) is 26.9 Å². The summed E-state index contributed by atoms with van der Waals surface area (Å²) in [5, 5.41) is 3.22. The number of halogens is 3. The van der Waals surface area contributed by atoms with Crippen LogP contribution in [-0.2, 0) is 13.0 Å². The Balaban J connectivity index is 1.26. The molecule has 0 N–H and O–H groups in total. The van der Waals surface area contributed by atoms with E-state index in [2.05, 4.69) is 57.7 Å². The lowest BCUT2D eigenvalue weighted by molar-refractivity contribution is 0.304. The number of allylic oxidation sites excluding steroid dienone is 1. The van der Waals surface area contributed by atoms with Gasteiger partial charge in [-0.25, -0.2) is 4.99 Å². The minimum Gasteiger partial charge on any atom is -0.488 e. The molecule has 0 radical (unpaired) electrons. The van der Waals surface area contributed by atoms with Crippen LogP contribution in [0.1, 0.15) is 39.6 Å². The Morgan fingerprint density at radius 2 is 1.93 bits per heavy atom. The summed E-state index contributed by atoms with van der Waals surface area (Å²) in [6.45, 7) is 0.309. The topological polar surface area (TPSA) is 43.6 Å². The molecule has 0 fully saturated rings. The van der Waals surface area contributed by atoms with Gasteiger partial charge in [0.2, 0.25) is 0 Å². The number of hydrogen-bond donors (Lipinski definition) is 0. The van der Waals surface area contributed by atoms with Crippen molar-refractivity contribution < 1.29 is 4.74 Å². The first-order chi connectivity index (χ1) is 20.0. The number of thiazole rings is 1. The van der Waals surface area contributed by atoms with Gasteiger partial charge in [-0.2, -0.15) is 0 Å². The van der Waals surface area contributed by atoms with Crippen molar-refractivity contribution in [1.82, 2.24) is 4.57 Å². The number of thiophene rings is 1. The lowest BCUT2D eigenvalue weighted by atomic mass is 9.85. The van der Waals surface area contributed by atoms with Crippen LogP contribution in [0.4, 0.5) is 0 Å². The number of benzene rings is 3. The van der Waals surface area contributed by atoms with Crippen LogP contribution < -0.4 is 19.6 Å². The Bertz CT molecular complexity index is 2030. The molecule has 1 atom stereocenters. The van der Waals surface area contributed by atoms with E-state index in [9.17, 15) is 4.79 Å². The fourth-order valence-corrected chi connectivity index (χ4v) is 8.21. The van der Waals surface area contributed by atoms with Crippen LogP contribution in [0.15, 0.2) is 98.0 Å². The molecule has 1 aliphatic heterocycles. The summed E-state index contributed by atoms with van der Waals surface area (Å²) < 4.78 is 9.32. The van der Waals surface area contributed by atoms with Gasteiger partial charge in [0.15, 0.2) is 4.80 Å². The zero-order chi connectivity index (χ0) is 28.1. The highest BCUT2D eigenvalue weighted by molar-refractivity contribution is 9.10. The lowest BCUT2D eigenvalue weighted by Crippen LogP contribution is -2.38. The molecule has 41 heavy (non-hydrogen) atoms. The van der Waals surface area contributed by atoms with Crippen LogP contribution in [0.3, 0.4) is 0 Å². The average molecular weight is 680 g/mol. The summed E-state index contributed by atoms with van der Waals surface area (Å²) in [7, 11) is 0. The fraction of sp³-hybridized carbons (Fsp3) is 0.125. The van der Waals surface area contributed by atoms with Gasteiger partial charge >= 0.3 is 0 Å². The maximum absolute atomic E-state index is 13.9. The second-order valence-corrected chi connectivity index (χ2v) is 13.5. The molecule has 7 rings (SSSR count). The van der Waals surface area contributed by atoms with E-state index in [0.717, 1.165) is 43.8 Å². The molecule has 204 valence electrons. The van der Waals surface area contributed by atoms with Crippen molar-refractivity contribution in [3.8, 4) is 5.75 Å². The molecular formula is C32H21BrCl2N2O2S2. The molecule has 3 aromatic carbocycles. The third kappa shape index (κ3) is 5.04. The van der Waals surface area contributed by atoms with E-state index in [4.69, 9.17) is 32.9 Å². The minimum absolute atomic E-state index is 0.0219. The van der Waals surface area contributed by atoms with E-state index in [1.807, 2.05) is 34.9 Å². The van der Waals surface area contributed by atoms with Crippen molar-refractivity contribution >= 4 is 73.6 Å². The standard InChI is InChI=1S/C32H21BrCl2N2O2S2/c33-24-14-18(7-12-26(24)39-17-20-8-10-21(34)16-25(20)35)15-28-31(38)37-30(27-6-3-13-40-27)23-11-9-19-4-1-2-5-22(19)29(23)36-32(37)41-28/h1-8,10,12-16,30H,9,11,17H2/b28-15+/t30-/m1/s1. The first-order valence-corrected chi connectivity index (χ1v) is 16.2. The number of hydrogen-bond acceptors (Lipinski definition) is 5. The van der Waals surface area contributed by atoms with Crippen LogP contribution in [0.2, 0.25) is 10.0 Å². The van der Waals surface area contributed by atoms with Crippen LogP contribution in [0, 0.1) is 0 Å². The molecule has 1 aliphatic carbocycles. The molecule has 0 spiro atoms. The highest BCUT2D eigenvalue weighted by atomic mass is 79.9. The number of aryl methyl sites for hydroxylation is 1. The van der Waals surface area contributed by atoms with Crippen molar-refractivity contribution in [3.05, 3.63) is 145 Å². The molecule has 3 heterocycles. The number of rotatable bonds is 5. The maximum atomic E-state index is 13.9. The molecule has 0 saturated carbocycles. The third-order valence-corrected chi connectivity index (χ3v) is 10.5. The molecule has 0 bridgehead atoms. The number of nitrogens with zero attached hydrogens (tertiary/aromatic N) is 2. The van der Waals surface area contributed by atoms with Gasteiger partial charge in [-0.3, -0.25) is 9.36 Å². The Hall–Kier alpha value is -2.94. The van der Waals surface area contributed by atoms with Gasteiger partial charge in [0, 0.05) is 26.0 Å². The monoisotopic (exact) mass is 678 g/mol. The Labute approximate surface area is 262 Å². The molecule has 9 heteroatoms. The summed E-state index contributed by atoms with van der Waals surface area (Å²) in [5.41, 5.74) is 6.43. The number of ether oxygens (including phenoxy) is 1. The van der Waals surface area contributed by atoms with Gasteiger partial charge < -0.3 is 4.74 Å². The van der Waals surface area contributed by atoms with E-state index < -0.39 is 0 Å². The van der Waals surface area contributed by atoms with Crippen molar-refractivity contribution in [2.24, 2.45) is 4.99 Å². The van der Waals surface area contributed by atoms with E-state index in [-0.39, 0.29) is 11.6 Å². The van der Waals surface area contributed by atoms with Gasteiger partial charge in [0.1, 0.15) is 12.4 Å². The van der Waals surface area contributed by atoms with Crippen molar-refractivity contribution in [2.75, 3.05) is 0 Å². The molecule has 4 nitrogen and oxygen atoms in total. The molecule has 2 aliphatic rings. The summed E-state index contributed by atoms with van der Waals surface area (Å²) in [6.07, 6.45) is 3.76. The van der Waals surface area contributed by atoms with E-state index >= 15 is 0 Å². The number of aromatic nitrogens is 1. The van der Waals surface area contributed by atoms with Crippen LogP contribution in [0.5, 0.6) is 5.75 Å². The maximum Gasteiger partial charge on any atom is 0.271 e. The summed E-state index contributed by atoms with van der Waals surface area (Å²) in [4.78, 5) is 20.9. The fourth-order valence-electron chi connectivity index (χ4n) is 5.39. The highest BCUT2D eigenvalue weighted by Crippen LogP contribution is 2.42. The Kier molecular flexibility index (Phi) is 7.25. The SMILES string of the molecule is O=c1/c(=C\c2ccc(OCc3ccc(Cl)cc3Cl)c(Br)c2)sc2n1[C@@H](c1cccs1)C1=C(N=2)c2ccccc2CC1. The molecule has 0 unspecified atom stereocenters. The largest absolute Gasteiger partial charge is 0.488 e. The van der Waals surface area contributed by atoms with Gasteiger partial charge in [0.05, 0.1) is 20.7 Å². The summed E-state index contributed by atoms with van der Waals surface area (Å²) in [5.74, 6) is 0.679. The quantitative estimate of drug-likeness (QED) is 0.189. The zero-order valence-corrected chi connectivity index (χ0v) is 26.2. The molecule has 0 saturated heterocycles. The van der Waals surface area contributed by atoms with Gasteiger partial charge in [-0.05, 0) is 87.3 Å². The van der Waals surface area contributed by atoms with Crippen molar-refractivity contribution in [3.63, 3.8) is 0 Å². The molecular weight excluding hydrogens is 659 g/mol. The summed E-state index contributed by atoms with van der Waals surface area (Å²) >= 11 is 19.1. The first kappa shape index (κ1) is 26.9. The second-order valence-electron chi connectivity index (χ2n) is 9.84. The molecule has 5 aromatic rings. The normalized spacial score (nSPS) is 16.2. The summed E-state index contributed by atoms with van der Waals surface area (Å²) in [6, 6.07) is 23.6. The molecule has 2 aromatic heterocycles. The first-order valence-electron chi connectivity index (χ1n) is 13.0.